The maximum atomic E-state index is 13.0. The molecule has 0 aromatic heterocycles. The lowest BCUT2D eigenvalue weighted by atomic mass is 10.1. The third kappa shape index (κ3) is 5.63. The Morgan fingerprint density at radius 3 is 2.36 bits per heavy atom. The number of carbonyl (C=O) groups excluding carboxylic acids is 1. The molecule has 0 saturated carbocycles. The Morgan fingerprint density at radius 1 is 1.03 bits per heavy atom. The van der Waals surface area contributed by atoms with Crippen molar-refractivity contribution in [2.45, 2.75) is 30.3 Å². The van der Waals surface area contributed by atoms with Crippen LogP contribution < -0.4 is 4.72 Å². The predicted octanol–water partition coefficient (Wildman–Crippen LogP) is 1.67. The van der Waals surface area contributed by atoms with E-state index in [1.165, 1.54) is 12.1 Å². The summed E-state index contributed by atoms with van der Waals surface area (Å²) in [5.74, 6) is 0.200. The van der Waals surface area contributed by atoms with Gasteiger partial charge in [0.25, 0.3) is 5.91 Å². The Morgan fingerprint density at radius 2 is 1.73 bits per heavy atom. The van der Waals surface area contributed by atoms with Crippen LogP contribution in [0.3, 0.4) is 0 Å². The van der Waals surface area contributed by atoms with Gasteiger partial charge in [-0.15, -0.1) is 0 Å². The van der Waals surface area contributed by atoms with Crippen LogP contribution in [0.5, 0.6) is 0 Å². The minimum atomic E-state index is -3.81. The highest BCUT2D eigenvalue weighted by Crippen LogP contribution is 2.21. The van der Waals surface area contributed by atoms with E-state index in [-0.39, 0.29) is 28.4 Å². The number of hydrogen-bond donors (Lipinski definition) is 1. The minimum Gasteiger partial charge on any atom is -0.336 e. The van der Waals surface area contributed by atoms with Crippen molar-refractivity contribution in [3.05, 3.63) is 65.7 Å². The van der Waals surface area contributed by atoms with Gasteiger partial charge in [-0.1, -0.05) is 36.4 Å². The van der Waals surface area contributed by atoms with Crippen molar-refractivity contribution in [3.63, 3.8) is 0 Å². The van der Waals surface area contributed by atoms with E-state index in [1.807, 2.05) is 30.3 Å². The SMILES string of the molecule is C[C@H](NS(=O)(=O)c1cccc(C(=O)N2CCN([C@@H]3CCS(=O)(=O)C3)CC2)c1)c1ccccc1. The first-order chi connectivity index (χ1) is 15.6. The van der Waals surface area contributed by atoms with Crippen molar-refractivity contribution in [3.8, 4) is 0 Å². The molecule has 10 heteroatoms. The van der Waals surface area contributed by atoms with Crippen LogP contribution in [0.15, 0.2) is 59.5 Å². The van der Waals surface area contributed by atoms with Gasteiger partial charge in [-0.25, -0.2) is 21.6 Å². The Kier molecular flexibility index (Phi) is 6.90. The van der Waals surface area contributed by atoms with E-state index in [1.54, 1.807) is 24.0 Å². The maximum absolute atomic E-state index is 13.0. The number of sulfonamides is 1. The normalized spacial score (nSPS) is 22.2. The first kappa shape index (κ1) is 23.9. The fourth-order valence-electron chi connectivity index (χ4n) is 4.44. The summed E-state index contributed by atoms with van der Waals surface area (Å²) in [6.45, 7) is 3.96. The average Bonchev–Trinajstić information content (AvgIpc) is 3.18. The van der Waals surface area contributed by atoms with Crippen molar-refractivity contribution in [1.82, 2.24) is 14.5 Å². The van der Waals surface area contributed by atoms with Crippen molar-refractivity contribution >= 4 is 25.8 Å². The number of benzene rings is 2. The summed E-state index contributed by atoms with van der Waals surface area (Å²) in [5.41, 5.74) is 1.17. The number of piperazine rings is 1. The lowest BCUT2D eigenvalue weighted by Gasteiger charge is -2.37. The molecule has 2 saturated heterocycles. The molecule has 2 aliphatic rings. The van der Waals surface area contributed by atoms with Crippen molar-refractivity contribution in [2.24, 2.45) is 0 Å². The molecule has 2 aromatic rings. The topological polar surface area (TPSA) is 104 Å². The lowest BCUT2D eigenvalue weighted by molar-refractivity contribution is 0.0587. The molecule has 0 aliphatic carbocycles. The van der Waals surface area contributed by atoms with E-state index in [0.29, 0.717) is 38.2 Å². The smallest absolute Gasteiger partial charge is 0.253 e. The van der Waals surface area contributed by atoms with Crippen LogP contribution in [0, 0.1) is 0 Å². The van der Waals surface area contributed by atoms with Crippen LogP contribution in [0.4, 0.5) is 0 Å². The van der Waals surface area contributed by atoms with Crippen LogP contribution in [0.2, 0.25) is 0 Å². The zero-order chi connectivity index (χ0) is 23.6. The number of hydrogen-bond acceptors (Lipinski definition) is 6. The van der Waals surface area contributed by atoms with Crippen LogP contribution in [0.25, 0.3) is 0 Å². The van der Waals surface area contributed by atoms with Gasteiger partial charge in [-0.2, -0.15) is 0 Å². The molecule has 178 valence electrons. The number of rotatable bonds is 6. The number of nitrogens with one attached hydrogen (secondary N) is 1. The van der Waals surface area contributed by atoms with Gasteiger partial charge in [-0.05, 0) is 37.1 Å². The fraction of sp³-hybridized carbons (Fsp3) is 0.435. The second-order valence-corrected chi connectivity index (χ2v) is 12.6. The van der Waals surface area contributed by atoms with Crippen LogP contribution in [-0.2, 0) is 19.9 Å². The highest BCUT2D eigenvalue weighted by Gasteiger charge is 2.34. The molecule has 8 nitrogen and oxygen atoms in total. The van der Waals surface area contributed by atoms with E-state index >= 15 is 0 Å². The van der Waals surface area contributed by atoms with Crippen molar-refractivity contribution in [2.75, 3.05) is 37.7 Å². The molecule has 0 radical (unpaired) electrons. The Balaban J connectivity index is 1.41. The fourth-order valence-corrected chi connectivity index (χ4v) is 7.48. The van der Waals surface area contributed by atoms with Gasteiger partial charge in [0.15, 0.2) is 9.84 Å². The summed E-state index contributed by atoms with van der Waals surface area (Å²) in [5, 5.41) is 0. The molecule has 0 bridgehead atoms. The lowest BCUT2D eigenvalue weighted by Crippen LogP contribution is -2.52. The highest BCUT2D eigenvalue weighted by atomic mass is 32.2. The molecule has 0 spiro atoms. The van der Waals surface area contributed by atoms with E-state index in [9.17, 15) is 21.6 Å². The van der Waals surface area contributed by atoms with Gasteiger partial charge in [0.05, 0.1) is 16.4 Å². The van der Waals surface area contributed by atoms with Crippen molar-refractivity contribution in [1.29, 1.82) is 0 Å². The summed E-state index contributed by atoms with van der Waals surface area (Å²) in [7, 11) is -6.76. The zero-order valence-electron chi connectivity index (χ0n) is 18.6. The van der Waals surface area contributed by atoms with Crippen LogP contribution in [-0.4, -0.2) is 76.3 Å². The number of carbonyl (C=O) groups is 1. The van der Waals surface area contributed by atoms with Crippen molar-refractivity contribution < 1.29 is 21.6 Å². The molecule has 33 heavy (non-hydrogen) atoms. The Labute approximate surface area is 195 Å². The molecule has 1 amide bonds. The summed E-state index contributed by atoms with van der Waals surface area (Å²) < 4.78 is 52.0. The molecule has 2 aliphatic heterocycles. The molecule has 2 heterocycles. The monoisotopic (exact) mass is 491 g/mol. The largest absolute Gasteiger partial charge is 0.336 e. The third-order valence-corrected chi connectivity index (χ3v) is 9.64. The zero-order valence-corrected chi connectivity index (χ0v) is 20.2. The summed E-state index contributed by atoms with van der Waals surface area (Å²) >= 11 is 0. The van der Waals surface area contributed by atoms with Gasteiger partial charge in [-0.3, -0.25) is 9.69 Å². The van der Waals surface area contributed by atoms with E-state index in [0.717, 1.165) is 5.56 Å². The van der Waals surface area contributed by atoms with Gasteiger partial charge in [0.2, 0.25) is 10.0 Å². The predicted molar refractivity (Wildman–Crippen MR) is 126 cm³/mol. The van der Waals surface area contributed by atoms with Gasteiger partial charge in [0.1, 0.15) is 0 Å². The second-order valence-electron chi connectivity index (χ2n) is 8.67. The summed E-state index contributed by atoms with van der Waals surface area (Å²) in [6.07, 6.45) is 0.643. The quantitative estimate of drug-likeness (QED) is 0.659. The van der Waals surface area contributed by atoms with Crippen LogP contribution >= 0.6 is 0 Å². The molecule has 1 N–H and O–H groups in total. The number of nitrogens with zero attached hydrogens (tertiary/aromatic N) is 2. The van der Waals surface area contributed by atoms with Gasteiger partial charge in [0, 0.05) is 43.8 Å². The Hall–Kier alpha value is -2.27. The number of amides is 1. The molecule has 2 atom stereocenters. The Bertz CT molecular complexity index is 1210. The average molecular weight is 492 g/mol. The van der Waals surface area contributed by atoms with E-state index in [4.69, 9.17) is 0 Å². The molecular formula is C23H29N3O5S2. The maximum Gasteiger partial charge on any atom is 0.253 e. The van der Waals surface area contributed by atoms with Crippen LogP contribution in [0.1, 0.15) is 35.3 Å². The first-order valence-electron chi connectivity index (χ1n) is 11.1. The molecular weight excluding hydrogens is 462 g/mol. The van der Waals surface area contributed by atoms with Gasteiger partial charge >= 0.3 is 0 Å². The molecule has 2 fully saturated rings. The second kappa shape index (κ2) is 9.54. The third-order valence-electron chi connectivity index (χ3n) is 6.35. The van der Waals surface area contributed by atoms with E-state index in [2.05, 4.69) is 9.62 Å². The standard InChI is InChI=1S/C23H29N3O5S2/c1-18(19-6-3-2-4-7-19)24-33(30,31)22-9-5-8-20(16-22)23(27)26-13-11-25(12-14-26)21-10-15-32(28,29)17-21/h2-9,16,18,21,24H,10-15,17H2,1H3/t18-,21+/m0/s1. The molecule has 0 unspecified atom stereocenters. The molecule has 2 aromatic carbocycles. The van der Waals surface area contributed by atoms with E-state index < -0.39 is 25.9 Å². The molecule has 4 rings (SSSR count). The highest BCUT2D eigenvalue weighted by molar-refractivity contribution is 7.91. The van der Waals surface area contributed by atoms with Gasteiger partial charge < -0.3 is 4.90 Å². The summed E-state index contributed by atoms with van der Waals surface area (Å²) in [6, 6.07) is 15.0. The summed E-state index contributed by atoms with van der Waals surface area (Å²) in [4.78, 5) is 16.9. The number of sulfone groups is 1. The minimum absolute atomic E-state index is 0.0263. The first-order valence-corrected chi connectivity index (χ1v) is 14.4.